The molecule has 0 radical (unpaired) electrons. The van der Waals surface area contributed by atoms with E-state index in [2.05, 4.69) is 20.4 Å². The molecule has 24 heavy (non-hydrogen) atoms. The van der Waals surface area contributed by atoms with E-state index in [0.29, 0.717) is 19.4 Å². The average Bonchev–Trinajstić information content (AvgIpc) is 2.85. The highest BCUT2D eigenvalue weighted by Crippen LogP contribution is 2.25. The van der Waals surface area contributed by atoms with Crippen molar-refractivity contribution in [2.45, 2.75) is 32.7 Å². The number of aromatic nitrogens is 2. The van der Waals surface area contributed by atoms with Crippen LogP contribution in [0.25, 0.3) is 0 Å². The molecular weight excluding hydrogens is 324 g/mol. The lowest BCUT2D eigenvalue weighted by molar-refractivity contribution is -0.121. The Morgan fingerprint density at radius 1 is 1.33 bits per heavy atom. The summed E-state index contributed by atoms with van der Waals surface area (Å²) < 4.78 is 0. The van der Waals surface area contributed by atoms with Gasteiger partial charge < -0.3 is 10.2 Å². The van der Waals surface area contributed by atoms with Crippen molar-refractivity contribution in [1.82, 2.24) is 20.4 Å². The second kappa shape index (κ2) is 8.31. The third kappa shape index (κ3) is 4.58. The first-order chi connectivity index (χ1) is 11.4. The second-order valence-corrected chi connectivity index (χ2v) is 6.62. The Hall–Kier alpha value is -1.85. The zero-order valence-electron chi connectivity index (χ0n) is 14.7. The SMILES string of the molecule is Cc1n[nH]c(C)c1CCC(=O)NC[C@H](c1ccccc1Cl)N(C)C. The van der Waals surface area contributed by atoms with Crippen LogP contribution >= 0.6 is 11.6 Å². The van der Waals surface area contributed by atoms with E-state index < -0.39 is 0 Å². The minimum atomic E-state index is 0.0360. The summed E-state index contributed by atoms with van der Waals surface area (Å²) in [5.74, 6) is 0.0360. The van der Waals surface area contributed by atoms with Crippen LogP contribution in [0.4, 0.5) is 0 Å². The van der Waals surface area contributed by atoms with Gasteiger partial charge in [0.25, 0.3) is 0 Å². The zero-order chi connectivity index (χ0) is 17.7. The molecule has 5 nitrogen and oxygen atoms in total. The first kappa shape index (κ1) is 18.5. The molecule has 0 saturated heterocycles. The normalized spacial score (nSPS) is 12.4. The van der Waals surface area contributed by atoms with Crippen molar-refractivity contribution >= 4 is 17.5 Å². The van der Waals surface area contributed by atoms with Gasteiger partial charge >= 0.3 is 0 Å². The standard InChI is InChI=1S/C18H25ClN4O/c1-12-14(13(2)22-21-12)9-10-18(24)20-11-17(23(3)4)15-7-5-6-8-16(15)19/h5-8,17H,9-11H2,1-4H3,(H,20,24)(H,21,22)/t17-/m1/s1. The predicted octanol–water partition coefficient (Wildman–Crippen LogP) is 3.03. The lowest BCUT2D eigenvalue weighted by Crippen LogP contribution is -2.34. The number of aryl methyl sites for hydroxylation is 2. The number of rotatable bonds is 7. The van der Waals surface area contributed by atoms with E-state index in [-0.39, 0.29) is 11.9 Å². The number of amides is 1. The van der Waals surface area contributed by atoms with Gasteiger partial charge in [0.1, 0.15) is 0 Å². The van der Waals surface area contributed by atoms with Gasteiger partial charge in [0, 0.05) is 23.7 Å². The Morgan fingerprint density at radius 2 is 2.04 bits per heavy atom. The molecule has 0 aliphatic carbocycles. The van der Waals surface area contributed by atoms with E-state index in [1.807, 2.05) is 52.2 Å². The van der Waals surface area contributed by atoms with E-state index in [4.69, 9.17) is 11.6 Å². The highest BCUT2D eigenvalue weighted by molar-refractivity contribution is 6.31. The molecule has 1 aromatic carbocycles. The highest BCUT2D eigenvalue weighted by Gasteiger charge is 2.18. The van der Waals surface area contributed by atoms with E-state index in [1.54, 1.807) is 0 Å². The molecule has 0 bridgehead atoms. The quantitative estimate of drug-likeness (QED) is 0.808. The lowest BCUT2D eigenvalue weighted by Gasteiger charge is -2.26. The van der Waals surface area contributed by atoms with Crippen LogP contribution in [0.2, 0.25) is 5.02 Å². The molecule has 0 aliphatic heterocycles. The van der Waals surface area contributed by atoms with Gasteiger partial charge in [0.05, 0.1) is 11.7 Å². The number of benzene rings is 1. The fourth-order valence-corrected chi connectivity index (χ4v) is 3.06. The fourth-order valence-electron chi connectivity index (χ4n) is 2.80. The van der Waals surface area contributed by atoms with E-state index in [0.717, 1.165) is 27.5 Å². The lowest BCUT2D eigenvalue weighted by atomic mass is 10.1. The summed E-state index contributed by atoms with van der Waals surface area (Å²) in [5, 5.41) is 10.9. The Balaban J connectivity index is 1.92. The van der Waals surface area contributed by atoms with E-state index in [1.165, 1.54) is 0 Å². The topological polar surface area (TPSA) is 61.0 Å². The average molecular weight is 349 g/mol. The maximum atomic E-state index is 12.2. The number of carbonyl (C=O) groups excluding carboxylic acids is 1. The number of aromatic amines is 1. The Kier molecular flexibility index (Phi) is 6.40. The minimum Gasteiger partial charge on any atom is -0.354 e. The summed E-state index contributed by atoms with van der Waals surface area (Å²) in [6.45, 7) is 4.46. The number of halogens is 1. The molecule has 1 atom stereocenters. The summed E-state index contributed by atoms with van der Waals surface area (Å²) in [6, 6.07) is 7.79. The van der Waals surface area contributed by atoms with Crippen LogP contribution in [0.15, 0.2) is 24.3 Å². The number of hydrogen-bond acceptors (Lipinski definition) is 3. The first-order valence-corrected chi connectivity index (χ1v) is 8.46. The van der Waals surface area contributed by atoms with Gasteiger partial charge in [0.15, 0.2) is 0 Å². The summed E-state index contributed by atoms with van der Waals surface area (Å²) in [7, 11) is 3.97. The molecule has 2 aromatic rings. The Morgan fingerprint density at radius 3 is 2.62 bits per heavy atom. The third-order valence-corrected chi connectivity index (χ3v) is 4.61. The molecule has 0 spiro atoms. The molecule has 1 heterocycles. The van der Waals surface area contributed by atoms with Crippen LogP contribution in [0.5, 0.6) is 0 Å². The molecule has 0 fully saturated rings. The summed E-state index contributed by atoms with van der Waals surface area (Å²) in [5.41, 5.74) is 4.14. The van der Waals surface area contributed by atoms with Crippen LogP contribution < -0.4 is 5.32 Å². The number of likely N-dealkylation sites (N-methyl/N-ethyl adjacent to an activating group) is 1. The second-order valence-electron chi connectivity index (χ2n) is 6.22. The van der Waals surface area contributed by atoms with Gasteiger partial charge in [-0.15, -0.1) is 0 Å². The number of nitrogens with one attached hydrogen (secondary N) is 2. The number of nitrogens with zero attached hydrogens (tertiary/aromatic N) is 2. The predicted molar refractivity (Wildman–Crippen MR) is 97.3 cm³/mol. The molecule has 0 saturated carbocycles. The van der Waals surface area contributed by atoms with Crippen LogP contribution in [0, 0.1) is 13.8 Å². The Bertz CT molecular complexity index is 677. The summed E-state index contributed by atoms with van der Waals surface area (Å²) in [4.78, 5) is 14.3. The molecule has 6 heteroatoms. The van der Waals surface area contributed by atoms with Gasteiger partial charge in [-0.2, -0.15) is 5.10 Å². The third-order valence-electron chi connectivity index (χ3n) is 4.26. The van der Waals surface area contributed by atoms with Crippen molar-refractivity contribution in [2.75, 3.05) is 20.6 Å². The van der Waals surface area contributed by atoms with Gasteiger partial charge in [-0.1, -0.05) is 29.8 Å². The summed E-state index contributed by atoms with van der Waals surface area (Å²) in [6.07, 6.45) is 1.14. The molecule has 130 valence electrons. The van der Waals surface area contributed by atoms with Crippen molar-refractivity contribution in [1.29, 1.82) is 0 Å². The number of hydrogen-bond donors (Lipinski definition) is 2. The number of carbonyl (C=O) groups is 1. The van der Waals surface area contributed by atoms with Crippen LogP contribution in [0.3, 0.4) is 0 Å². The molecule has 2 N–H and O–H groups in total. The minimum absolute atomic E-state index is 0.0360. The van der Waals surface area contributed by atoms with Crippen molar-refractivity contribution in [3.8, 4) is 0 Å². The van der Waals surface area contributed by atoms with Crippen molar-refractivity contribution in [3.05, 3.63) is 51.8 Å². The van der Waals surface area contributed by atoms with Crippen molar-refractivity contribution < 1.29 is 4.79 Å². The smallest absolute Gasteiger partial charge is 0.220 e. The van der Waals surface area contributed by atoms with Gasteiger partial charge in [0.2, 0.25) is 5.91 Å². The monoisotopic (exact) mass is 348 g/mol. The van der Waals surface area contributed by atoms with Gasteiger partial charge in [-0.25, -0.2) is 0 Å². The maximum Gasteiger partial charge on any atom is 0.220 e. The molecule has 2 rings (SSSR count). The van der Waals surface area contributed by atoms with Crippen molar-refractivity contribution in [2.24, 2.45) is 0 Å². The van der Waals surface area contributed by atoms with Gasteiger partial charge in [-0.05, 0) is 51.6 Å². The largest absolute Gasteiger partial charge is 0.354 e. The molecule has 1 aromatic heterocycles. The maximum absolute atomic E-state index is 12.2. The highest BCUT2D eigenvalue weighted by atomic mass is 35.5. The van der Waals surface area contributed by atoms with Crippen LogP contribution in [0.1, 0.15) is 35.0 Å². The molecule has 1 amide bonds. The molecule has 0 unspecified atom stereocenters. The zero-order valence-corrected chi connectivity index (χ0v) is 15.4. The van der Waals surface area contributed by atoms with E-state index >= 15 is 0 Å². The van der Waals surface area contributed by atoms with Crippen LogP contribution in [-0.4, -0.2) is 41.6 Å². The van der Waals surface area contributed by atoms with Crippen molar-refractivity contribution in [3.63, 3.8) is 0 Å². The molecular formula is C18H25ClN4O. The van der Waals surface area contributed by atoms with E-state index in [9.17, 15) is 4.79 Å². The first-order valence-electron chi connectivity index (χ1n) is 8.08. The molecule has 0 aliphatic rings. The van der Waals surface area contributed by atoms with Gasteiger partial charge in [-0.3, -0.25) is 9.89 Å². The summed E-state index contributed by atoms with van der Waals surface area (Å²) >= 11 is 6.29. The Labute approximate surface area is 148 Å². The van der Waals surface area contributed by atoms with Crippen LogP contribution in [-0.2, 0) is 11.2 Å². The fraction of sp³-hybridized carbons (Fsp3) is 0.444. The number of H-pyrrole nitrogens is 1.